The van der Waals surface area contributed by atoms with Crippen molar-refractivity contribution in [3.05, 3.63) is 64.4 Å². The molecule has 1 aromatic heterocycles. The molecule has 4 heteroatoms. The monoisotopic (exact) mass is 326 g/mol. The van der Waals surface area contributed by atoms with Crippen LogP contribution in [0.15, 0.2) is 53.2 Å². The third-order valence-electron chi connectivity index (χ3n) is 4.15. The van der Waals surface area contributed by atoms with Gasteiger partial charge in [0.15, 0.2) is 0 Å². The molecule has 0 aliphatic carbocycles. The van der Waals surface area contributed by atoms with E-state index in [4.69, 9.17) is 0 Å². The lowest BCUT2D eigenvalue weighted by atomic mass is 10.0. The first-order valence-electron chi connectivity index (χ1n) is 8.06. The van der Waals surface area contributed by atoms with Crippen molar-refractivity contribution in [1.82, 2.24) is 10.2 Å². The summed E-state index contributed by atoms with van der Waals surface area (Å²) in [6.07, 6.45) is 5.55. The van der Waals surface area contributed by atoms with Crippen molar-refractivity contribution in [2.24, 2.45) is 0 Å². The zero-order chi connectivity index (χ0) is 15.9. The van der Waals surface area contributed by atoms with E-state index in [-0.39, 0.29) is 5.91 Å². The zero-order valence-electron chi connectivity index (χ0n) is 13.2. The number of nitrogens with one attached hydrogen (secondary N) is 1. The van der Waals surface area contributed by atoms with Crippen LogP contribution in [0, 0.1) is 0 Å². The van der Waals surface area contributed by atoms with Gasteiger partial charge in [0.25, 0.3) is 0 Å². The highest BCUT2D eigenvalue weighted by Gasteiger charge is 2.19. The summed E-state index contributed by atoms with van der Waals surface area (Å²) >= 11 is 1.64. The van der Waals surface area contributed by atoms with Crippen molar-refractivity contribution < 1.29 is 4.79 Å². The molecule has 3 nitrogen and oxygen atoms in total. The van der Waals surface area contributed by atoms with Gasteiger partial charge >= 0.3 is 0 Å². The minimum absolute atomic E-state index is 0.0118. The highest BCUT2D eigenvalue weighted by molar-refractivity contribution is 7.08. The number of thiophene rings is 1. The topological polar surface area (TPSA) is 32.3 Å². The summed E-state index contributed by atoms with van der Waals surface area (Å²) in [7, 11) is 0. The van der Waals surface area contributed by atoms with E-state index in [0.29, 0.717) is 6.04 Å². The number of hydrogen-bond donors (Lipinski definition) is 1. The summed E-state index contributed by atoms with van der Waals surface area (Å²) < 4.78 is 0. The fraction of sp³-hybridized carbons (Fsp3) is 0.316. The molecule has 0 atom stereocenters. The molecule has 0 bridgehead atoms. The summed E-state index contributed by atoms with van der Waals surface area (Å²) in [5, 5.41) is 7.16. The molecule has 23 heavy (non-hydrogen) atoms. The number of nitrogens with zero attached hydrogens (tertiary/aromatic N) is 1. The third kappa shape index (κ3) is 5.05. The third-order valence-corrected chi connectivity index (χ3v) is 4.85. The van der Waals surface area contributed by atoms with Crippen LogP contribution in [-0.2, 0) is 11.3 Å². The van der Waals surface area contributed by atoms with Crippen molar-refractivity contribution in [2.45, 2.75) is 25.4 Å². The number of amides is 1. The van der Waals surface area contributed by atoms with Gasteiger partial charge in [-0.05, 0) is 46.9 Å². The summed E-state index contributed by atoms with van der Waals surface area (Å²) in [5.41, 5.74) is 2.44. The van der Waals surface area contributed by atoms with Gasteiger partial charge in [-0.15, -0.1) is 0 Å². The average Bonchev–Trinajstić information content (AvgIpc) is 3.09. The maximum Gasteiger partial charge on any atom is 0.244 e. The minimum Gasteiger partial charge on any atom is -0.350 e. The summed E-state index contributed by atoms with van der Waals surface area (Å²) in [5.74, 6) is 0.0118. The number of benzene rings is 1. The van der Waals surface area contributed by atoms with E-state index >= 15 is 0 Å². The molecule has 1 aromatic carbocycles. The number of carbonyl (C=O) groups is 1. The van der Waals surface area contributed by atoms with Crippen LogP contribution in [0.1, 0.15) is 24.0 Å². The molecule has 120 valence electrons. The van der Waals surface area contributed by atoms with Gasteiger partial charge in [-0.2, -0.15) is 11.3 Å². The SMILES string of the molecule is O=C(/C=C/c1ccsc1)NC1CCN(Cc2ccccc2)CC1. The van der Waals surface area contributed by atoms with E-state index in [9.17, 15) is 4.79 Å². The van der Waals surface area contributed by atoms with Gasteiger partial charge < -0.3 is 5.32 Å². The molecular formula is C19H22N2OS. The first kappa shape index (κ1) is 16.0. The molecule has 1 N–H and O–H groups in total. The molecule has 3 rings (SSSR count). The first-order valence-corrected chi connectivity index (χ1v) is 9.01. The van der Waals surface area contributed by atoms with Gasteiger partial charge in [-0.3, -0.25) is 9.69 Å². The van der Waals surface area contributed by atoms with Gasteiger partial charge in [0.1, 0.15) is 0 Å². The number of hydrogen-bond acceptors (Lipinski definition) is 3. The number of piperidine rings is 1. The lowest BCUT2D eigenvalue weighted by Crippen LogP contribution is -2.43. The van der Waals surface area contributed by atoms with Crippen LogP contribution in [-0.4, -0.2) is 29.9 Å². The second kappa shape index (κ2) is 8.09. The average molecular weight is 326 g/mol. The smallest absolute Gasteiger partial charge is 0.244 e. The molecule has 0 unspecified atom stereocenters. The molecule has 0 radical (unpaired) electrons. The Kier molecular flexibility index (Phi) is 5.61. The second-order valence-electron chi connectivity index (χ2n) is 5.93. The quantitative estimate of drug-likeness (QED) is 0.852. The Labute approximate surface area is 141 Å². The van der Waals surface area contributed by atoms with E-state index in [1.54, 1.807) is 17.4 Å². The van der Waals surface area contributed by atoms with Crippen molar-refractivity contribution in [3.8, 4) is 0 Å². The summed E-state index contributed by atoms with van der Waals surface area (Å²) in [6, 6.07) is 12.9. The summed E-state index contributed by atoms with van der Waals surface area (Å²) in [6.45, 7) is 3.07. The fourth-order valence-corrected chi connectivity index (χ4v) is 3.50. The fourth-order valence-electron chi connectivity index (χ4n) is 2.87. The maximum absolute atomic E-state index is 12.0. The molecule has 1 aliphatic rings. The Balaban J connectivity index is 1.41. The Hall–Kier alpha value is -1.91. The molecule has 1 amide bonds. The predicted molar refractivity (Wildman–Crippen MR) is 96.2 cm³/mol. The number of rotatable bonds is 5. The van der Waals surface area contributed by atoms with Crippen LogP contribution in [0.5, 0.6) is 0 Å². The minimum atomic E-state index is 0.0118. The highest BCUT2D eigenvalue weighted by atomic mass is 32.1. The molecule has 2 aromatic rings. The van der Waals surface area contributed by atoms with Crippen molar-refractivity contribution in [1.29, 1.82) is 0 Å². The number of likely N-dealkylation sites (tertiary alicyclic amines) is 1. The zero-order valence-corrected chi connectivity index (χ0v) is 14.0. The number of carbonyl (C=O) groups excluding carboxylic acids is 1. The van der Waals surface area contributed by atoms with Crippen LogP contribution in [0.2, 0.25) is 0 Å². The molecule has 1 aliphatic heterocycles. The summed E-state index contributed by atoms with van der Waals surface area (Å²) in [4.78, 5) is 14.4. The maximum atomic E-state index is 12.0. The van der Waals surface area contributed by atoms with Gasteiger partial charge in [-0.25, -0.2) is 0 Å². The molecule has 0 spiro atoms. The van der Waals surface area contributed by atoms with E-state index in [1.807, 2.05) is 22.9 Å². The van der Waals surface area contributed by atoms with Crippen LogP contribution in [0.25, 0.3) is 6.08 Å². The Morgan fingerprint density at radius 2 is 2.00 bits per heavy atom. The molecular weight excluding hydrogens is 304 g/mol. The second-order valence-corrected chi connectivity index (χ2v) is 6.71. The van der Waals surface area contributed by atoms with Crippen LogP contribution >= 0.6 is 11.3 Å². The van der Waals surface area contributed by atoms with Crippen molar-refractivity contribution in [3.63, 3.8) is 0 Å². The van der Waals surface area contributed by atoms with Crippen LogP contribution in [0.3, 0.4) is 0 Å². The van der Waals surface area contributed by atoms with E-state index in [1.165, 1.54) is 5.56 Å². The Morgan fingerprint density at radius 3 is 2.70 bits per heavy atom. The van der Waals surface area contributed by atoms with E-state index in [0.717, 1.165) is 38.0 Å². The van der Waals surface area contributed by atoms with Gasteiger partial charge in [0, 0.05) is 31.8 Å². The molecule has 1 saturated heterocycles. The standard InChI is InChI=1S/C19H22N2OS/c22-19(7-6-17-10-13-23-15-17)20-18-8-11-21(12-9-18)14-16-4-2-1-3-5-16/h1-7,10,13,15,18H,8-9,11-12,14H2,(H,20,22)/b7-6+. The van der Waals surface area contributed by atoms with Gasteiger partial charge in [-0.1, -0.05) is 30.3 Å². The molecule has 1 fully saturated rings. The molecule has 0 saturated carbocycles. The Morgan fingerprint density at radius 1 is 1.22 bits per heavy atom. The van der Waals surface area contributed by atoms with Gasteiger partial charge in [0.2, 0.25) is 5.91 Å². The predicted octanol–water partition coefficient (Wildman–Crippen LogP) is 3.54. The Bertz CT molecular complexity index is 629. The van der Waals surface area contributed by atoms with Gasteiger partial charge in [0.05, 0.1) is 0 Å². The normalized spacial score (nSPS) is 16.7. The largest absolute Gasteiger partial charge is 0.350 e. The van der Waals surface area contributed by atoms with E-state index < -0.39 is 0 Å². The van der Waals surface area contributed by atoms with Crippen molar-refractivity contribution in [2.75, 3.05) is 13.1 Å². The van der Waals surface area contributed by atoms with Crippen LogP contribution in [0.4, 0.5) is 0 Å². The lowest BCUT2D eigenvalue weighted by Gasteiger charge is -2.32. The first-order chi connectivity index (χ1) is 11.3. The molecule has 2 heterocycles. The lowest BCUT2D eigenvalue weighted by molar-refractivity contribution is -0.117. The van der Waals surface area contributed by atoms with Crippen molar-refractivity contribution >= 4 is 23.3 Å². The van der Waals surface area contributed by atoms with Crippen LogP contribution < -0.4 is 5.32 Å². The highest BCUT2D eigenvalue weighted by Crippen LogP contribution is 2.14. The van der Waals surface area contributed by atoms with E-state index in [2.05, 4.69) is 40.5 Å².